The maximum Gasteiger partial charge on any atom is 0.190 e. The van der Waals surface area contributed by atoms with Crippen LogP contribution in [0.5, 0.6) is 0 Å². The van der Waals surface area contributed by atoms with Gasteiger partial charge in [0.15, 0.2) is 12.1 Å². The highest BCUT2D eigenvalue weighted by molar-refractivity contribution is 5.47. The van der Waals surface area contributed by atoms with Crippen LogP contribution in [0.25, 0.3) is 0 Å². The van der Waals surface area contributed by atoms with E-state index >= 15 is 0 Å². The van der Waals surface area contributed by atoms with Crippen molar-refractivity contribution < 1.29 is 23.7 Å². The Labute approximate surface area is 230 Å². The molecule has 0 amide bonds. The van der Waals surface area contributed by atoms with Crippen LogP contribution >= 0.6 is 0 Å². The summed E-state index contributed by atoms with van der Waals surface area (Å²) in [6.07, 6.45) is -1.63. The van der Waals surface area contributed by atoms with Gasteiger partial charge in [-0.25, -0.2) is 0 Å². The first-order valence-electron chi connectivity index (χ1n) is 13.5. The minimum Gasteiger partial charge on any atom is -0.368 e. The van der Waals surface area contributed by atoms with Crippen molar-refractivity contribution in [2.45, 2.75) is 56.4 Å². The third-order valence-corrected chi connectivity index (χ3v) is 7.38. The molecule has 0 aliphatic carbocycles. The molecule has 2 fully saturated rings. The summed E-state index contributed by atoms with van der Waals surface area (Å²) >= 11 is 0. The van der Waals surface area contributed by atoms with E-state index in [0.29, 0.717) is 6.61 Å². The first-order chi connectivity index (χ1) is 19.1. The van der Waals surface area contributed by atoms with E-state index in [1.165, 1.54) is 0 Å². The molecule has 200 valence electrons. The van der Waals surface area contributed by atoms with E-state index in [1.54, 1.807) is 0 Å². The minimum atomic E-state index is -0.851. The fourth-order valence-electron chi connectivity index (χ4n) is 5.62. The normalized spacial score (nSPS) is 23.9. The number of ether oxygens (including phenoxy) is 5. The molecule has 0 spiro atoms. The van der Waals surface area contributed by atoms with Gasteiger partial charge >= 0.3 is 0 Å². The Hall–Kier alpha value is -3.32. The van der Waals surface area contributed by atoms with Crippen LogP contribution in [0.15, 0.2) is 121 Å². The van der Waals surface area contributed by atoms with Gasteiger partial charge in [-0.1, -0.05) is 121 Å². The standard InChI is InChI=1S/C34H34O5/c1-33(2)38-31-30(35-23-25-15-7-3-8-16-25)29(37-32(31)39-33)24-36-34(26-17-9-4-10-18-26,27-19-11-5-12-20-27)28-21-13-6-14-22-28/h3-22,29-32H,23-24H2,1-2H3. The van der Waals surface area contributed by atoms with Crippen molar-refractivity contribution >= 4 is 0 Å². The predicted molar refractivity (Wildman–Crippen MR) is 149 cm³/mol. The molecule has 0 N–H and O–H groups in total. The summed E-state index contributed by atoms with van der Waals surface area (Å²) < 4.78 is 32.3. The Morgan fingerprint density at radius 2 is 1.15 bits per heavy atom. The summed E-state index contributed by atoms with van der Waals surface area (Å²) in [6, 6.07) is 41.2. The van der Waals surface area contributed by atoms with E-state index in [2.05, 4.69) is 48.5 Å². The van der Waals surface area contributed by atoms with Crippen LogP contribution in [-0.2, 0) is 35.9 Å². The lowest BCUT2D eigenvalue weighted by Crippen LogP contribution is -2.42. The fraction of sp³-hybridized carbons (Fsp3) is 0.294. The van der Waals surface area contributed by atoms with Gasteiger partial charge in [-0.05, 0) is 36.1 Å². The lowest BCUT2D eigenvalue weighted by Gasteiger charge is -2.37. The van der Waals surface area contributed by atoms with Crippen LogP contribution in [0.2, 0.25) is 0 Å². The van der Waals surface area contributed by atoms with Crippen LogP contribution in [0.1, 0.15) is 36.1 Å². The van der Waals surface area contributed by atoms with Gasteiger partial charge in [0.25, 0.3) is 0 Å². The Balaban J connectivity index is 1.34. The van der Waals surface area contributed by atoms with E-state index in [1.807, 2.05) is 86.6 Å². The van der Waals surface area contributed by atoms with E-state index in [4.69, 9.17) is 23.7 Å². The predicted octanol–water partition coefficient (Wildman–Crippen LogP) is 6.46. The number of hydrogen-bond donors (Lipinski definition) is 0. The smallest absolute Gasteiger partial charge is 0.190 e. The molecule has 2 aliphatic rings. The molecule has 6 rings (SSSR count). The minimum absolute atomic E-state index is 0.276. The highest BCUT2D eigenvalue weighted by Crippen LogP contribution is 2.43. The molecule has 4 aromatic carbocycles. The Bertz CT molecular complexity index is 1230. The first kappa shape index (κ1) is 25.9. The number of fused-ring (bicyclic) bond motifs is 1. The highest BCUT2D eigenvalue weighted by atomic mass is 16.8. The Morgan fingerprint density at radius 3 is 1.67 bits per heavy atom. The highest BCUT2D eigenvalue weighted by Gasteiger charge is 2.56. The van der Waals surface area contributed by atoms with Crippen LogP contribution in [0, 0.1) is 0 Å². The van der Waals surface area contributed by atoms with Gasteiger partial charge in [-0.3, -0.25) is 0 Å². The van der Waals surface area contributed by atoms with Crippen molar-refractivity contribution in [1.29, 1.82) is 0 Å². The summed E-state index contributed by atoms with van der Waals surface area (Å²) in [5.41, 5.74) is 3.35. The van der Waals surface area contributed by atoms with Gasteiger partial charge in [0, 0.05) is 0 Å². The molecule has 0 aromatic heterocycles. The van der Waals surface area contributed by atoms with E-state index in [-0.39, 0.29) is 18.8 Å². The largest absolute Gasteiger partial charge is 0.368 e. The lowest BCUT2D eigenvalue weighted by molar-refractivity contribution is -0.227. The zero-order valence-electron chi connectivity index (χ0n) is 22.3. The van der Waals surface area contributed by atoms with Crippen molar-refractivity contribution in [3.05, 3.63) is 144 Å². The third-order valence-electron chi connectivity index (χ3n) is 7.38. The van der Waals surface area contributed by atoms with Crippen molar-refractivity contribution in [3.8, 4) is 0 Å². The number of benzene rings is 4. The molecule has 4 unspecified atom stereocenters. The zero-order valence-corrected chi connectivity index (χ0v) is 22.3. The molecule has 4 atom stereocenters. The summed E-state index contributed by atoms with van der Waals surface area (Å²) in [5.74, 6) is -0.739. The van der Waals surface area contributed by atoms with Crippen molar-refractivity contribution in [3.63, 3.8) is 0 Å². The Morgan fingerprint density at radius 1 is 0.667 bits per heavy atom. The maximum atomic E-state index is 7.06. The number of rotatable bonds is 9. The van der Waals surface area contributed by atoms with Gasteiger partial charge in [0.1, 0.15) is 23.9 Å². The topological polar surface area (TPSA) is 46.2 Å². The maximum absolute atomic E-state index is 7.06. The second-order valence-electron chi connectivity index (χ2n) is 10.5. The molecule has 0 bridgehead atoms. The molecule has 5 nitrogen and oxygen atoms in total. The van der Waals surface area contributed by atoms with Crippen LogP contribution in [0.4, 0.5) is 0 Å². The SMILES string of the molecule is CC1(C)OC2OC(COC(c3ccccc3)(c3ccccc3)c3ccccc3)C(OCc3ccccc3)C2O1. The summed E-state index contributed by atoms with van der Waals surface area (Å²) in [6.45, 7) is 4.53. The first-order valence-corrected chi connectivity index (χ1v) is 13.5. The Kier molecular flexibility index (Phi) is 7.34. The average molecular weight is 523 g/mol. The van der Waals surface area contributed by atoms with Gasteiger partial charge in [0.05, 0.1) is 13.2 Å². The molecule has 0 saturated carbocycles. The van der Waals surface area contributed by atoms with E-state index in [0.717, 1.165) is 22.3 Å². The van der Waals surface area contributed by atoms with Crippen molar-refractivity contribution in [2.24, 2.45) is 0 Å². The second-order valence-corrected chi connectivity index (χ2v) is 10.5. The second kappa shape index (κ2) is 11.0. The molecule has 2 heterocycles. The van der Waals surface area contributed by atoms with Crippen molar-refractivity contribution in [1.82, 2.24) is 0 Å². The summed E-state index contributed by atoms with van der Waals surface area (Å²) in [4.78, 5) is 0. The fourth-order valence-corrected chi connectivity index (χ4v) is 5.62. The van der Waals surface area contributed by atoms with Crippen LogP contribution in [0.3, 0.4) is 0 Å². The van der Waals surface area contributed by atoms with Crippen molar-refractivity contribution in [2.75, 3.05) is 6.61 Å². The quantitative estimate of drug-likeness (QED) is 0.236. The van der Waals surface area contributed by atoms with E-state index in [9.17, 15) is 0 Å². The molecule has 2 saturated heterocycles. The molecule has 2 aliphatic heterocycles. The molecular formula is C34H34O5. The van der Waals surface area contributed by atoms with Crippen LogP contribution < -0.4 is 0 Å². The molecule has 0 radical (unpaired) electrons. The molecule has 5 heteroatoms. The molecule has 39 heavy (non-hydrogen) atoms. The van der Waals surface area contributed by atoms with E-state index < -0.39 is 23.8 Å². The summed E-state index contributed by atoms with van der Waals surface area (Å²) in [7, 11) is 0. The third kappa shape index (κ3) is 5.29. The van der Waals surface area contributed by atoms with Crippen LogP contribution in [-0.4, -0.2) is 37.0 Å². The molecular weight excluding hydrogens is 488 g/mol. The van der Waals surface area contributed by atoms with Gasteiger partial charge in [0.2, 0.25) is 0 Å². The van der Waals surface area contributed by atoms with Gasteiger partial charge in [-0.2, -0.15) is 0 Å². The zero-order chi connectivity index (χ0) is 26.7. The monoisotopic (exact) mass is 522 g/mol. The van der Waals surface area contributed by atoms with Gasteiger partial charge in [-0.15, -0.1) is 0 Å². The number of hydrogen-bond acceptors (Lipinski definition) is 5. The average Bonchev–Trinajstić information content (AvgIpc) is 3.45. The van der Waals surface area contributed by atoms with Gasteiger partial charge < -0.3 is 23.7 Å². The molecule has 4 aromatic rings. The summed E-state index contributed by atoms with van der Waals surface area (Å²) in [5, 5.41) is 0. The lowest BCUT2D eigenvalue weighted by atomic mass is 9.80.